The molecule has 0 atom stereocenters. The van der Waals surface area contributed by atoms with Crippen LogP contribution in [0.25, 0.3) is 10.9 Å². The molecule has 158 valence electrons. The minimum atomic E-state index is -1.29. The lowest BCUT2D eigenvalue weighted by molar-refractivity contribution is 0.144. The smallest absolute Gasteiger partial charge is 0.508 e. The molecule has 0 unspecified atom stereocenters. The molecule has 7 heteroatoms. The Labute approximate surface area is 175 Å². The molecule has 4 rings (SSSR count). The molecule has 3 N–H and O–H groups in total. The van der Waals surface area contributed by atoms with E-state index in [0.29, 0.717) is 11.5 Å². The molecule has 1 aromatic heterocycles. The molecule has 0 radical (unpaired) electrons. The van der Waals surface area contributed by atoms with Gasteiger partial charge in [0.25, 0.3) is 0 Å². The zero-order valence-electron chi connectivity index (χ0n) is 16.9. The van der Waals surface area contributed by atoms with Crippen molar-refractivity contribution in [3.05, 3.63) is 54.2 Å². The molecule has 2 aromatic carbocycles. The second-order valence-electron chi connectivity index (χ2n) is 7.69. The first-order valence-electron chi connectivity index (χ1n) is 10.4. The van der Waals surface area contributed by atoms with E-state index in [0.717, 1.165) is 68.6 Å². The van der Waals surface area contributed by atoms with Gasteiger partial charge in [-0.15, -0.1) is 0 Å². The standard InChI is InChI=1S/C23H27N3O4/c27-19-6-4-18(5-7-19)26-13-11-25(12-14-26)10-2-1-3-17-16-24-22-9-8-20(15-21(17)22)30-23(28)29/h4-9,15-16,24,27H,1-3,10-14H2,(H,28,29). The van der Waals surface area contributed by atoms with Crippen molar-refractivity contribution in [1.82, 2.24) is 9.88 Å². The summed E-state index contributed by atoms with van der Waals surface area (Å²) in [6.07, 6.45) is 3.86. The van der Waals surface area contributed by atoms with Crippen LogP contribution >= 0.6 is 0 Å². The summed E-state index contributed by atoms with van der Waals surface area (Å²) < 4.78 is 4.78. The maximum atomic E-state index is 10.8. The number of aryl methyl sites for hydroxylation is 1. The number of unbranched alkanes of at least 4 members (excludes halogenated alkanes) is 1. The number of carbonyl (C=O) groups is 1. The number of phenolic OH excluding ortho intramolecular Hbond substituents is 1. The summed E-state index contributed by atoms with van der Waals surface area (Å²) in [6.45, 7) is 5.17. The van der Waals surface area contributed by atoms with Crippen LogP contribution in [0.15, 0.2) is 48.7 Å². The van der Waals surface area contributed by atoms with E-state index in [2.05, 4.69) is 14.8 Å². The number of piperazine rings is 1. The molecule has 1 aliphatic rings. The molecule has 1 fully saturated rings. The third-order valence-corrected chi connectivity index (χ3v) is 5.70. The zero-order chi connectivity index (χ0) is 20.9. The number of benzene rings is 2. The minimum Gasteiger partial charge on any atom is -0.508 e. The minimum absolute atomic E-state index is 0.304. The van der Waals surface area contributed by atoms with E-state index in [1.54, 1.807) is 24.3 Å². The number of phenols is 1. The highest BCUT2D eigenvalue weighted by Crippen LogP contribution is 2.25. The quantitative estimate of drug-likeness (QED) is 0.310. The molecule has 0 saturated carbocycles. The normalized spacial score (nSPS) is 14.9. The Bertz CT molecular complexity index is 991. The number of nitrogens with zero attached hydrogens (tertiary/aromatic N) is 2. The van der Waals surface area contributed by atoms with Gasteiger partial charge in [0.15, 0.2) is 0 Å². The molecule has 30 heavy (non-hydrogen) atoms. The lowest BCUT2D eigenvalue weighted by Crippen LogP contribution is -2.46. The molecule has 3 aromatic rings. The van der Waals surface area contributed by atoms with E-state index < -0.39 is 6.16 Å². The number of ether oxygens (including phenoxy) is 1. The summed E-state index contributed by atoms with van der Waals surface area (Å²) in [5, 5.41) is 19.3. The van der Waals surface area contributed by atoms with Gasteiger partial charge in [-0.2, -0.15) is 0 Å². The van der Waals surface area contributed by atoms with E-state index in [-0.39, 0.29) is 0 Å². The highest BCUT2D eigenvalue weighted by atomic mass is 16.7. The van der Waals surface area contributed by atoms with Crippen molar-refractivity contribution in [3.8, 4) is 11.5 Å². The topological polar surface area (TPSA) is 89.0 Å². The summed E-state index contributed by atoms with van der Waals surface area (Å²) in [5.74, 6) is 0.653. The Kier molecular flexibility index (Phi) is 6.09. The average molecular weight is 409 g/mol. The molecular formula is C23H27N3O4. The maximum Gasteiger partial charge on any atom is 0.511 e. The molecule has 1 aliphatic heterocycles. The van der Waals surface area contributed by atoms with Crippen LogP contribution in [0.4, 0.5) is 10.5 Å². The largest absolute Gasteiger partial charge is 0.511 e. The van der Waals surface area contributed by atoms with Crippen molar-refractivity contribution in [2.45, 2.75) is 19.3 Å². The van der Waals surface area contributed by atoms with Crippen LogP contribution in [0, 0.1) is 0 Å². The number of rotatable bonds is 7. The van der Waals surface area contributed by atoms with Gasteiger partial charge >= 0.3 is 6.16 Å². The fraction of sp³-hybridized carbons (Fsp3) is 0.348. The molecule has 0 bridgehead atoms. The highest BCUT2D eigenvalue weighted by Gasteiger charge is 2.17. The molecule has 1 saturated heterocycles. The summed E-state index contributed by atoms with van der Waals surface area (Å²) in [5.41, 5.74) is 3.35. The van der Waals surface area contributed by atoms with Gasteiger partial charge < -0.3 is 24.8 Å². The van der Waals surface area contributed by atoms with E-state index in [1.165, 1.54) is 5.56 Å². The zero-order valence-corrected chi connectivity index (χ0v) is 16.9. The molecule has 7 nitrogen and oxygen atoms in total. The van der Waals surface area contributed by atoms with E-state index in [4.69, 9.17) is 9.84 Å². The van der Waals surface area contributed by atoms with Gasteiger partial charge in [-0.3, -0.25) is 4.90 Å². The lowest BCUT2D eigenvalue weighted by Gasteiger charge is -2.36. The van der Waals surface area contributed by atoms with Crippen molar-refractivity contribution < 1.29 is 19.7 Å². The van der Waals surface area contributed by atoms with Crippen LogP contribution in [0.2, 0.25) is 0 Å². The lowest BCUT2D eigenvalue weighted by atomic mass is 10.1. The predicted octanol–water partition coefficient (Wildman–Crippen LogP) is 4.08. The monoisotopic (exact) mass is 409 g/mol. The number of hydrogen-bond acceptors (Lipinski definition) is 5. The van der Waals surface area contributed by atoms with Gasteiger partial charge in [0.05, 0.1) is 0 Å². The average Bonchev–Trinajstić information content (AvgIpc) is 3.14. The summed E-state index contributed by atoms with van der Waals surface area (Å²) in [4.78, 5) is 18.9. The van der Waals surface area contributed by atoms with E-state index >= 15 is 0 Å². The third kappa shape index (κ3) is 4.86. The first-order valence-corrected chi connectivity index (χ1v) is 10.4. The number of anilines is 1. The molecule has 0 amide bonds. The summed E-state index contributed by atoms with van der Waals surface area (Å²) in [7, 11) is 0. The third-order valence-electron chi connectivity index (χ3n) is 5.70. The number of carboxylic acid groups (broad SMARTS) is 1. The van der Waals surface area contributed by atoms with Crippen molar-refractivity contribution in [3.63, 3.8) is 0 Å². The van der Waals surface area contributed by atoms with Crippen molar-refractivity contribution in [2.24, 2.45) is 0 Å². The number of aromatic nitrogens is 1. The number of H-pyrrole nitrogens is 1. The predicted molar refractivity (Wildman–Crippen MR) is 117 cm³/mol. The maximum absolute atomic E-state index is 10.8. The van der Waals surface area contributed by atoms with Crippen LogP contribution in [0.3, 0.4) is 0 Å². The Morgan fingerprint density at radius 1 is 1.03 bits per heavy atom. The highest BCUT2D eigenvalue weighted by molar-refractivity contribution is 5.85. The first kappa shape index (κ1) is 20.1. The Balaban J connectivity index is 1.23. The molecule has 0 spiro atoms. The fourth-order valence-electron chi connectivity index (χ4n) is 4.07. The van der Waals surface area contributed by atoms with Gasteiger partial charge in [-0.25, -0.2) is 4.79 Å². The van der Waals surface area contributed by atoms with Gasteiger partial charge in [-0.1, -0.05) is 0 Å². The summed E-state index contributed by atoms with van der Waals surface area (Å²) >= 11 is 0. The number of fused-ring (bicyclic) bond motifs is 1. The van der Waals surface area contributed by atoms with Crippen LogP contribution in [0.5, 0.6) is 11.5 Å². The van der Waals surface area contributed by atoms with Crippen molar-refractivity contribution >= 4 is 22.7 Å². The number of nitrogens with one attached hydrogen (secondary N) is 1. The van der Waals surface area contributed by atoms with Gasteiger partial charge in [-0.05, 0) is 73.8 Å². The van der Waals surface area contributed by atoms with Crippen molar-refractivity contribution in [1.29, 1.82) is 0 Å². The van der Waals surface area contributed by atoms with Gasteiger partial charge in [0.1, 0.15) is 11.5 Å². The van der Waals surface area contributed by atoms with Gasteiger partial charge in [0, 0.05) is 49.0 Å². The Hall–Kier alpha value is -3.19. The van der Waals surface area contributed by atoms with Crippen LogP contribution in [0.1, 0.15) is 18.4 Å². The number of aromatic amines is 1. The second-order valence-corrected chi connectivity index (χ2v) is 7.69. The van der Waals surface area contributed by atoms with E-state index in [9.17, 15) is 9.90 Å². The van der Waals surface area contributed by atoms with E-state index in [1.807, 2.05) is 24.4 Å². The SMILES string of the molecule is O=C(O)Oc1ccc2[nH]cc(CCCCN3CCN(c4ccc(O)cc4)CC3)c2c1. The Morgan fingerprint density at radius 2 is 1.80 bits per heavy atom. The fourth-order valence-corrected chi connectivity index (χ4v) is 4.07. The molecule has 0 aliphatic carbocycles. The summed E-state index contributed by atoms with van der Waals surface area (Å²) in [6, 6.07) is 12.7. The second kappa shape index (κ2) is 9.09. The van der Waals surface area contributed by atoms with Crippen LogP contribution in [-0.2, 0) is 6.42 Å². The van der Waals surface area contributed by atoms with Crippen LogP contribution in [-0.4, -0.2) is 59.0 Å². The molecule has 2 heterocycles. The number of hydrogen-bond donors (Lipinski definition) is 3. The number of aromatic hydroxyl groups is 1. The van der Waals surface area contributed by atoms with Gasteiger partial charge in [0.2, 0.25) is 0 Å². The Morgan fingerprint density at radius 3 is 2.53 bits per heavy atom. The van der Waals surface area contributed by atoms with Crippen LogP contribution < -0.4 is 9.64 Å². The first-order chi connectivity index (χ1) is 14.6. The van der Waals surface area contributed by atoms with Crippen molar-refractivity contribution in [2.75, 3.05) is 37.6 Å². The molecular weight excluding hydrogens is 382 g/mol.